The first-order chi connectivity index (χ1) is 7.67. The van der Waals surface area contributed by atoms with Crippen LogP contribution < -0.4 is 5.32 Å². The predicted molar refractivity (Wildman–Crippen MR) is 71.8 cm³/mol. The van der Waals surface area contributed by atoms with Crippen LogP contribution in [0.25, 0.3) is 0 Å². The van der Waals surface area contributed by atoms with E-state index in [0.29, 0.717) is 5.41 Å². The molecule has 1 N–H and O–H groups in total. The summed E-state index contributed by atoms with van der Waals surface area (Å²) in [6, 6.07) is 0.732. The van der Waals surface area contributed by atoms with Gasteiger partial charge in [-0.15, -0.1) is 0 Å². The normalized spacial score (nSPS) is 28.3. The Morgan fingerprint density at radius 1 is 1.31 bits per heavy atom. The number of hydrogen-bond donors (Lipinski definition) is 1. The van der Waals surface area contributed by atoms with Gasteiger partial charge in [-0.2, -0.15) is 0 Å². The van der Waals surface area contributed by atoms with Crippen molar-refractivity contribution < 1.29 is 0 Å². The second kappa shape index (κ2) is 6.61. The fourth-order valence-electron chi connectivity index (χ4n) is 2.85. The first-order valence-electron chi connectivity index (χ1n) is 7.12. The minimum Gasteiger partial charge on any atom is -0.316 e. The van der Waals surface area contributed by atoms with E-state index < -0.39 is 0 Å². The standard InChI is InChI=1S/C14H30N2/c1-5-13(4)16(7-3)12-14(6-2)9-8-10-15-11-14/h13,15H,5-12H2,1-4H3. The maximum absolute atomic E-state index is 3.59. The van der Waals surface area contributed by atoms with Crippen LogP contribution in [0.5, 0.6) is 0 Å². The van der Waals surface area contributed by atoms with Crippen LogP contribution in [0, 0.1) is 5.41 Å². The van der Waals surface area contributed by atoms with Crippen LogP contribution in [0.3, 0.4) is 0 Å². The summed E-state index contributed by atoms with van der Waals surface area (Å²) in [5.74, 6) is 0. The van der Waals surface area contributed by atoms with E-state index in [0.717, 1.165) is 6.04 Å². The smallest absolute Gasteiger partial charge is 0.00644 e. The Labute approximate surface area is 102 Å². The van der Waals surface area contributed by atoms with Crippen LogP contribution in [0.15, 0.2) is 0 Å². The van der Waals surface area contributed by atoms with Gasteiger partial charge in [-0.3, -0.25) is 0 Å². The van der Waals surface area contributed by atoms with Gasteiger partial charge in [0.15, 0.2) is 0 Å². The van der Waals surface area contributed by atoms with Gasteiger partial charge in [-0.1, -0.05) is 20.8 Å². The van der Waals surface area contributed by atoms with Crippen LogP contribution >= 0.6 is 0 Å². The SMILES string of the molecule is CCC(C)N(CC)CC1(CC)CCCNC1. The van der Waals surface area contributed by atoms with Gasteiger partial charge in [-0.05, 0) is 51.1 Å². The van der Waals surface area contributed by atoms with Crippen molar-refractivity contribution in [3.8, 4) is 0 Å². The van der Waals surface area contributed by atoms with Gasteiger partial charge in [0.1, 0.15) is 0 Å². The third-order valence-corrected chi connectivity index (χ3v) is 4.47. The average molecular weight is 226 g/mol. The summed E-state index contributed by atoms with van der Waals surface area (Å²) in [7, 11) is 0. The van der Waals surface area contributed by atoms with Gasteiger partial charge < -0.3 is 10.2 Å². The molecule has 0 radical (unpaired) electrons. The van der Waals surface area contributed by atoms with Crippen molar-refractivity contribution in [3.05, 3.63) is 0 Å². The zero-order valence-corrected chi connectivity index (χ0v) is 11.7. The molecular formula is C14H30N2. The predicted octanol–water partition coefficient (Wildman–Crippen LogP) is 2.89. The Hall–Kier alpha value is -0.0800. The van der Waals surface area contributed by atoms with E-state index in [-0.39, 0.29) is 0 Å². The van der Waals surface area contributed by atoms with E-state index in [4.69, 9.17) is 0 Å². The molecular weight excluding hydrogens is 196 g/mol. The Morgan fingerprint density at radius 3 is 2.50 bits per heavy atom. The van der Waals surface area contributed by atoms with Crippen molar-refractivity contribution in [3.63, 3.8) is 0 Å². The van der Waals surface area contributed by atoms with E-state index in [9.17, 15) is 0 Å². The number of piperidine rings is 1. The fourth-order valence-corrected chi connectivity index (χ4v) is 2.85. The van der Waals surface area contributed by atoms with Gasteiger partial charge in [0, 0.05) is 19.1 Å². The van der Waals surface area contributed by atoms with Gasteiger partial charge in [-0.25, -0.2) is 0 Å². The van der Waals surface area contributed by atoms with Crippen LogP contribution in [0.1, 0.15) is 53.4 Å². The van der Waals surface area contributed by atoms with Crippen molar-refractivity contribution in [1.29, 1.82) is 0 Å². The molecule has 0 aromatic rings. The lowest BCUT2D eigenvalue weighted by molar-refractivity contribution is 0.0891. The van der Waals surface area contributed by atoms with Crippen molar-refractivity contribution in [2.45, 2.75) is 59.4 Å². The largest absolute Gasteiger partial charge is 0.316 e. The Balaban J connectivity index is 2.58. The van der Waals surface area contributed by atoms with Crippen LogP contribution in [-0.2, 0) is 0 Å². The molecule has 96 valence electrons. The molecule has 0 spiro atoms. The molecule has 1 heterocycles. The molecule has 1 rings (SSSR count). The maximum atomic E-state index is 3.59. The highest BCUT2D eigenvalue weighted by Crippen LogP contribution is 2.31. The second-order valence-corrected chi connectivity index (χ2v) is 5.45. The summed E-state index contributed by atoms with van der Waals surface area (Å²) in [5, 5.41) is 3.59. The Morgan fingerprint density at radius 2 is 2.06 bits per heavy atom. The quantitative estimate of drug-likeness (QED) is 0.749. The van der Waals surface area contributed by atoms with E-state index in [1.54, 1.807) is 0 Å². The van der Waals surface area contributed by atoms with Crippen LogP contribution in [0.2, 0.25) is 0 Å². The summed E-state index contributed by atoms with van der Waals surface area (Å²) >= 11 is 0. The maximum Gasteiger partial charge on any atom is 0.00644 e. The molecule has 2 atom stereocenters. The molecule has 2 unspecified atom stereocenters. The van der Waals surface area contributed by atoms with Crippen molar-refractivity contribution >= 4 is 0 Å². The van der Waals surface area contributed by atoms with Crippen molar-refractivity contribution in [1.82, 2.24) is 10.2 Å². The molecule has 2 heteroatoms. The summed E-state index contributed by atoms with van der Waals surface area (Å²) < 4.78 is 0. The summed E-state index contributed by atoms with van der Waals surface area (Å²) in [6.07, 6.45) is 5.34. The molecule has 0 saturated carbocycles. The van der Waals surface area contributed by atoms with E-state index in [2.05, 4.69) is 37.9 Å². The molecule has 2 nitrogen and oxygen atoms in total. The zero-order valence-electron chi connectivity index (χ0n) is 11.7. The minimum atomic E-state index is 0.539. The Kier molecular flexibility index (Phi) is 5.77. The van der Waals surface area contributed by atoms with Gasteiger partial charge >= 0.3 is 0 Å². The summed E-state index contributed by atoms with van der Waals surface area (Å²) in [4.78, 5) is 2.66. The summed E-state index contributed by atoms with van der Waals surface area (Å²) in [5.41, 5.74) is 0.539. The highest BCUT2D eigenvalue weighted by atomic mass is 15.2. The Bertz CT molecular complexity index is 185. The van der Waals surface area contributed by atoms with E-state index in [1.165, 1.54) is 51.9 Å². The molecule has 0 aromatic heterocycles. The topological polar surface area (TPSA) is 15.3 Å². The fraction of sp³-hybridized carbons (Fsp3) is 1.00. The second-order valence-electron chi connectivity index (χ2n) is 5.45. The molecule has 0 bridgehead atoms. The molecule has 16 heavy (non-hydrogen) atoms. The minimum absolute atomic E-state index is 0.539. The lowest BCUT2D eigenvalue weighted by atomic mass is 9.77. The van der Waals surface area contributed by atoms with Crippen molar-refractivity contribution in [2.24, 2.45) is 5.41 Å². The lowest BCUT2D eigenvalue weighted by Crippen LogP contribution is -2.49. The first kappa shape index (κ1) is 14.0. The first-order valence-corrected chi connectivity index (χ1v) is 7.12. The molecule has 0 aromatic carbocycles. The average Bonchev–Trinajstić information content (AvgIpc) is 2.36. The molecule has 0 aliphatic carbocycles. The van der Waals surface area contributed by atoms with Crippen LogP contribution in [-0.4, -0.2) is 37.1 Å². The molecule has 1 aliphatic rings. The van der Waals surface area contributed by atoms with E-state index >= 15 is 0 Å². The van der Waals surface area contributed by atoms with Crippen molar-refractivity contribution in [2.75, 3.05) is 26.2 Å². The van der Waals surface area contributed by atoms with Gasteiger partial charge in [0.2, 0.25) is 0 Å². The summed E-state index contributed by atoms with van der Waals surface area (Å²) in [6.45, 7) is 14.2. The monoisotopic (exact) mass is 226 g/mol. The third-order valence-electron chi connectivity index (χ3n) is 4.47. The number of nitrogens with zero attached hydrogens (tertiary/aromatic N) is 1. The highest BCUT2D eigenvalue weighted by Gasteiger charge is 2.32. The molecule has 1 aliphatic heterocycles. The zero-order chi connectivity index (χ0) is 12.0. The number of rotatable bonds is 6. The van der Waals surface area contributed by atoms with Crippen LogP contribution in [0.4, 0.5) is 0 Å². The number of hydrogen-bond acceptors (Lipinski definition) is 2. The molecule has 1 saturated heterocycles. The number of nitrogens with one attached hydrogen (secondary N) is 1. The lowest BCUT2D eigenvalue weighted by Gasteiger charge is -2.42. The molecule has 1 fully saturated rings. The highest BCUT2D eigenvalue weighted by molar-refractivity contribution is 4.88. The third kappa shape index (κ3) is 3.46. The van der Waals surface area contributed by atoms with Gasteiger partial charge in [0.05, 0.1) is 0 Å². The molecule has 0 amide bonds. The van der Waals surface area contributed by atoms with Gasteiger partial charge in [0.25, 0.3) is 0 Å². The van der Waals surface area contributed by atoms with E-state index in [1.807, 2.05) is 0 Å².